The van der Waals surface area contributed by atoms with Crippen molar-refractivity contribution in [2.75, 3.05) is 45.1 Å². The average Bonchev–Trinajstić information content (AvgIpc) is 3.51. The van der Waals surface area contributed by atoms with Gasteiger partial charge in [-0.05, 0) is 38.1 Å². The number of cyclic esters (lactones) is 1. The maximum atomic E-state index is 13.7. The zero-order valence-corrected chi connectivity index (χ0v) is 26.8. The monoisotopic (exact) mass is 654 g/mol. The van der Waals surface area contributed by atoms with Crippen molar-refractivity contribution in [1.29, 1.82) is 0 Å². The van der Waals surface area contributed by atoms with Gasteiger partial charge in [-0.15, -0.1) is 0 Å². The summed E-state index contributed by atoms with van der Waals surface area (Å²) in [4.78, 5) is 93.1. The van der Waals surface area contributed by atoms with Crippen molar-refractivity contribution in [2.45, 2.75) is 82.6 Å². The number of hydrogen-bond acceptors (Lipinski definition) is 11. The van der Waals surface area contributed by atoms with E-state index in [-0.39, 0.29) is 43.7 Å². The van der Waals surface area contributed by atoms with E-state index in [1.54, 1.807) is 0 Å². The van der Waals surface area contributed by atoms with Crippen molar-refractivity contribution in [1.82, 2.24) is 30.7 Å². The number of nitrogens with one attached hydrogen (secondary N) is 3. The van der Waals surface area contributed by atoms with Gasteiger partial charge in [0.15, 0.2) is 0 Å². The van der Waals surface area contributed by atoms with Gasteiger partial charge >= 0.3 is 12.0 Å². The number of ether oxygens (including phenoxy) is 1. The molecule has 3 aliphatic rings. The number of amides is 7. The molecule has 0 aromatic carbocycles. The molecule has 0 radical (unpaired) electrons. The second kappa shape index (κ2) is 16.7. The number of nitrogens with zero attached hydrogens (tertiary/aromatic N) is 3. The molecule has 7 N–H and O–H groups in total. The van der Waals surface area contributed by atoms with Crippen molar-refractivity contribution >= 4 is 54.2 Å². The first kappa shape index (κ1) is 36.0. The van der Waals surface area contributed by atoms with Crippen LogP contribution in [0.1, 0.15) is 52.4 Å². The molecule has 4 unspecified atom stereocenters. The predicted molar refractivity (Wildman–Crippen MR) is 164 cm³/mol. The number of rotatable bonds is 16. The summed E-state index contributed by atoms with van der Waals surface area (Å²) in [6, 6.07) is -5.31. The maximum absolute atomic E-state index is 13.7. The van der Waals surface area contributed by atoms with Gasteiger partial charge in [-0.3, -0.25) is 28.9 Å². The number of unbranched alkanes of at least 4 members (excludes halogenated alkanes) is 1. The van der Waals surface area contributed by atoms with E-state index in [1.165, 1.54) is 4.90 Å². The van der Waals surface area contributed by atoms with Gasteiger partial charge in [-0.1, -0.05) is 13.8 Å². The molecule has 0 bridgehead atoms. The van der Waals surface area contributed by atoms with Crippen molar-refractivity contribution in [3.8, 4) is 0 Å². The van der Waals surface area contributed by atoms with Gasteiger partial charge in [0.1, 0.15) is 24.2 Å². The van der Waals surface area contributed by atoms with E-state index < -0.39 is 65.8 Å². The number of urea groups is 1. The number of carbonyl (C=O) groups is 7. The lowest BCUT2D eigenvalue weighted by atomic mass is 9.99. The third-order valence-electron chi connectivity index (χ3n) is 8.12. The zero-order chi connectivity index (χ0) is 33.3. The van der Waals surface area contributed by atoms with Crippen LogP contribution < -0.4 is 27.4 Å². The Kier molecular flexibility index (Phi) is 13.4. The molecule has 3 heterocycles. The lowest BCUT2D eigenvalue weighted by Gasteiger charge is -2.41. The minimum absolute atomic E-state index is 0.119. The minimum Gasteiger partial charge on any atom is -0.464 e. The fourth-order valence-corrected chi connectivity index (χ4v) is 6.03. The predicted octanol–water partition coefficient (Wildman–Crippen LogP) is -2.31. The Morgan fingerprint density at radius 2 is 1.73 bits per heavy atom. The lowest BCUT2D eigenvalue weighted by Crippen LogP contribution is -2.61. The number of hydrogen-bond donors (Lipinski definition) is 6. The van der Waals surface area contributed by atoms with Crippen molar-refractivity contribution < 1.29 is 38.3 Å². The number of imide groups is 1. The molecule has 45 heavy (non-hydrogen) atoms. The van der Waals surface area contributed by atoms with Crippen LogP contribution in [-0.4, -0.2) is 132 Å². The summed E-state index contributed by atoms with van der Waals surface area (Å²) in [5.41, 5.74) is 10.8. The van der Waals surface area contributed by atoms with Crippen molar-refractivity contribution in [3.05, 3.63) is 0 Å². The fourth-order valence-electron chi connectivity index (χ4n) is 5.72. The van der Waals surface area contributed by atoms with Crippen LogP contribution in [0, 0.1) is 5.92 Å². The van der Waals surface area contributed by atoms with E-state index in [0.717, 1.165) is 4.90 Å². The van der Waals surface area contributed by atoms with E-state index >= 15 is 0 Å². The third kappa shape index (κ3) is 9.53. The third-order valence-corrected chi connectivity index (χ3v) is 8.47. The lowest BCUT2D eigenvalue weighted by molar-refractivity contribution is -0.143. The molecule has 3 fully saturated rings. The van der Waals surface area contributed by atoms with E-state index in [4.69, 9.17) is 16.2 Å². The Balaban J connectivity index is 1.66. The van der Waals surface area contributed by atoms with E-state index in [1.807, 2.05) is 18.7 Å². The SMILES string of the molecule is CC(C)CC(C(=O)NC(CCCCN)C(=O)NC1CCOC1=O)N1CCN(C(=O)[C@H](CS)N2C(=O)NC(CC(N)=O)C2=O)CC1. The molecule has 3 saturated heterocycles. The first-order valence-corrected chi connectivity index (χ1v) is 16.0. The van der Waals surface area contributed by atoms with Gasteiger partial charge in [0, 0.05) is 38.4 Å². The number of piperazine rings is 1. The summed E-state index contributed by atoms with van der Waals surface area (Å²) >= 11 is 4.22. The van der Waals surface area contributed by atoms with Crippen LogP contribution in [0.4, 0.5) is 4.79 Å². The van der Waals surface area contributed by atoms with Gasteiger partial charge in [-0.25, -0.2) is 14.5 Å². The van der Waals surface area contributed by atoms with Crippen LogP contribution in [0.5, 0.6) is 0 Å². The Labute approximate surface area is 268 Å². The number of nitrogens with two attached hydrogens (primary N) is 2. The minimum atomic E-state index is -1.18. The number of primary amides is 1. The Bertz CT molecular complexity index is 1130. The molecule has 7 amide bonds. The molecule has 17 heteroatoms. The van der Waals surface area contributed by atoms with Crippen LogP contribution in [0.25, 0.3) is 0 Å². The standard InChI is InChI=1S/C28H46N8O8S/c1-16(2)13-20(24(39)31-17(5-3-4-7-29)23(38)32-18-6-12-44-27(18)42)34-8-10-35(11-9-34)26(41)21(15-45)36-25(40)19(14-22(30)37)33-28(36)43/h16-21,45H,3-15,29H2,1-2H3,(H2,30,37)(H,31,39)(H,32,38)(H,33,43)/t17?,18?,19?,20?,21-/m0/s1. The molecular weight excluding hydrogens is 608 g/mol. The van der Waals surface area contributed by atoms with E-state index in [0.29, 0.717) is 51.7 Å². The van der Waals surface area contributed by atoms with Crippen LogP contribution in [0.3, 0.4) is 0 Å². The van der Waals surface area contributed by atoms with Crippen LogP contribution in [-0.2, 0) is 33.5 Å². The van der Waals surface area contributed by atoms with Gasteiger partial charge in [0.25, 0.3) is 5.91 Å². The van der Waals surface area contributed by atoms with Crippen molar-refractivity contribution in [3.63, 3.8) is 0 Å². The average molecular weight is 655 g/mol. The maximum Gasteiger partial charge on any atom is 0.328 e. The van der Waals surface area contributed by atoms with Gasteiger partial charge in [-0.2, -0.15) is 12.6 Å². The molecule has 16 nitrogen and oxygen atoms in total. The molecular formula is C28H46N8O8S. The first-order chi connectivity index (χ1) is 21.4. The quantitative estimate of drug-likeness (QED) is 0.0451. The molecule has 3 rings (SSSR count). The summed E-state index contributed by atoms with van der Waals surface area (Å²) in [7, 11) is 0. The summed E-state index contributed by atoms with van der Waals surface area (Å²) in [6.45, 7) is 5.75. The van der Waals surface area contributed by atoms with Gasteiger partial charge in [0.2, 0.25) is 23.6 Å². The second-order valence-electron chi connectivity index (χ2n) is 11.9. The molecule has 0 saturated carbocycles. The number of esters is 1. The molecule has 3 aliphatic heterocycles. The Hall–Kier alpha value is -3.44. The highest BCUT2D eigenvalue weighted by Crippen LogP contribution is 2.20. The van der Waals surface area contributed by atoms with Gasteiger partial charge in [0.05, 0.1) is 19.1 Å². The highest BCUT2D eigenvalue weighted by molar-refractivity contribution is 7.80. The highest BCUT2D eigenvalue weighted by atomic mass is 32.1. The zero-order valence-electron chi connectivity index (χ0n) is 25.9. The summed E-state index contributed by atoms with van der Waals surface area (Å²) in [6.07, 6.45) is 2.10. The molecule has 252 valence electrons. The van der Waals surface area contributed by atoms with Crippen molar-refractivity contribution in [2.24, 2.45) is 17.4 Å². The highest BCUT2D eigenvalue weighted by Gasteiger charge is 2.46. The summed E-state index contributed by atoms with van der Waals surface area (Å²) in [5, 5.41) is 7.98. The first-order valence-electron chi connectivity index (χ1n) is 15.4. The number of carbonyl (C=O) groups excluding carboxylic acids is 7. The molecule has 0 aromatic rings. The smallest absolute Gasteiger partial charge is 0.328 e. The fraction of sp³-hybridized carbons (Fsp3) is 0.750. The van der Waals surface area contributed by atoms with Gasteiger partial charge < -0.3 is 37.1 Å². The van der Waals surface area contributed by atoms with E-state index in [9.17, 15) is 33.6 Å². The Morgan fingerprint density at radius 1 is 1.04 bits per heavy atom. The number of thiol groups is 1. The Morgan fingerprint density at radius 3 is 2.29 bits per heavy atom. The van der Waals surface area contributed by atoms with Crippen LogP contribution >= 0.6 is 12.6 Å². The largest absolute Gasteiger partial charge is 0.464 e. The molecule has 0 spiro atoms. The second-order valence-corrected chi connectivity index (χ2v) is 12.3. The normalized spacial score (nSPS) is 22.6. The molecule has 0 aliphatic carbocycles. The summed E-state index contributed by atoms with van der Waals surface area (Å²) in [5.74, 6) is -3.22. The van der Waals surface area contributed by atoms with Crippen LogP contribution in [0.15, 0.2) is 0 Å². The molecule has 0 aromatic heterocycles. The summed E-state index contributed by atoms with van der Waals surface area (Å²) < 4.78 is 4.94. The molecule has 5 atom stereocenters. The van der Waals surface area contributed by atoms with Crippen LogP contribution in [0.2, 0.25) is 0 Å². The van der Waals surface area contributed by atoms with E-state index in [2.05, 4.69) is 28.6 Å². The topological polar surface area (TPSA) is 227 Å².